The van der Waals surface area contributed by atoms with Crippen LogP contribution in [0.4, 0.5) is 5.82 Å². The number of unbranched alkanes of at least 4 members (excludes halogenated alkanes) is 3. The van der Waals surface area contributed by atoms with Crippen LogP contribution < -0.4 is 10.6 Å². The molecular formula is C16H31N3S. The second kappa shape index (κ2) is 10.2. The van der Waals surface area contributed by atoms with Crippen molar-refractivity contribution in [3.63, 3.8) is 0 Å². The highest BCUT2D eigenvalue weighted by atomic mass is 32.1. The predicted octanol–water partition coefficient (Wildman–Crippen LogP) is 4.83. The quantitative estimate of drug-likeness (QED) is 0.574. The molecule has 0 fully saturated rings. The highest BCUT2D eigenvalue weighted by Crippen LogP contribution is 2.23. The molecule has 20 heavy (non-hydrogen) atoms. The minimum Gasteiger partial charge on any atom is -0.372 e. The molecule has 0 aliphatic carbocycles. The van der Waals surface area contributed by atoms with Gasteiger partial charge in [0, 0.05) is 12.4 Å². The van der Waals surface area contributed by atoms with Crippen molar-refractivity contribution in [3.8, 4) is 0 Å². The van der Waals surface area contributed by atoms with Crippen molar-refractivity contribution in [1.29, 1.82) is 0 Å². The lowest BCUT2D eigenvalue weighted by Gasteiger charge is -2.18. The fraction of sp³-hybridized carbons (Fsp3) is 0.812. The van der Waals surface area contributed by atoms with E-state index in [1.165, 1.54) is 37.1 Å². The summed E-state index contributed by atoms with van der Waals surface area (Å²) in [5.74, 6) is 1.74. The van der Waals surface area contributed by atoms with E-state index in [4.69, 9.17) is 0 Å². The van der Waals surface area contributed by atoms with Gasteiger partial charge in [0.2, 0.25) is 0 Å². The summed E-state index contributed by atoms with van der Waals surface area (Å²) < 4.78 is 0. The lowest BCUT2D eigenvalue weighted by molar-refractivity contribution is 0.413. The van der Waals surface area contributed by atoms with Gasteiger partial charge in [-0.15, -0.1) is 11.3 Å². The molecule has 0 aliphatic heterocycles. The summed E-state index contributed by atoms with van der Waals surface area (Å²) in [5.41, 5.74) is 0. The number of aromatic nitrogens is 1. The summed E-state index contributed by atoms with van der Waals surface area (Å²) >= 11 is 1.75. The number of nitrogens with one attached hydrogen (secondary N) is 2. The van der Waals surface area contributed by atoms with Crippen molar-refractivity contribution in [2.45, 2.75) is 65.3 Å². The maximum atomic E-state index is 4.61. The van der Waals surface area contributed by atoms with Crippen LogP contribution in [-0.4, -0.2) is 18.6 Å². The third kappa shape index (κ3) is 6.23. The summed E-state index contributed by atoms with van der Waals surface area (Å²) in [4.78, 5) is 4.61. The van der Waals surface area contributed by atoms with Gasteiger partial charge in [0.1, 0.15) is 10.8 Å². The number of rotatable bonds is 11. The van der Waals surface area contributed by atoms with Crippen molar-refractivity contribution < 1.29 is 0 Å². The zero-order valence-corrected chi connectivity index (χ0v) is 14.4. The molecule has 0 saturated heterocycles. The summed E-state index contributed by atoms with van der Waals surface area (Å²) in [6, 6.07) is 0.403. The highest BCUT2D eigenvalue weighted by Gasteiger charge is 2.14. The Labute approximate surface area is 128 Å². The van der Waals surface area contributed by atoms with Crippen molar-refractivity contribution in [2.24, 2.45) is 5.92 Å². The second-order valence-corrected chi connectivity index (χ2v) is 6.53. The van der Waals surface area contributed by atoms with Gasteiger partial charge in [0.05, 0.1) is 6.04 Å². The molecule has 1 rings (SSSR count). The Hall–Kier alpha value is -0.610. The maximum Gasteiger partial charge on any atom is 0.137 e. The number of nitrogens with zero attached hydrogens (tertiary/aromatic N) is 1. The average Bonchev–Trinajstić information content (AvgIpc) is 2.93. The molecule has 3 nitrogen and oxygen atoms in total. The first-order chi connectivity index (χ1) is 9.71. The minimum atomic E-state index is 0.403. The van der Waals surface area contributed by atoms with Gasteiger partial charge >= 0.3 is 0 Å². The van der Waals surface area contributed by atoms with Crippen LogP contribution >= 0.6 is 11.3 Å². The Morgan fingerprint density at radius 3 is 2.65 bits per heavy atom. The smallest absolute Gasteiger partial charge is 0.137 e. The van der Waals surface area contributed by atoms with Crippen molar-refractivity contribution >= 4 is 17.2 Å². The summed E-state index contributed by atoms with van der Waals surface area (Å²) in [6.45, 7) is 7.94. The summed E-state index contributed by atoms with van der Waals surface area (Å²) in [7, 11) is 1.92. The Kier molecular flexibility index (Phi) is 8.86. The van der Waals surface area contributed by atoms with E-state index in [9.17, 15) is 0 Å². The maximum absolute atomic E-state index is 4.61. The fourth-order valence-corrected chi connectivity index (χ4v) is 3.30. The SMILES string of the molecule is CCCCCCC(C)CNC(CC)c1nc(NC)cs1. The number of hydrogen-bond acceptors (Lipinski definition) is 4. The van der Waals surface area contributed by atoms with Crippen molar-refractivity contribution in [2.75, 3.05) is 18.9 Å². The van der Waals surface area contributed by atoms with Gasteiger partial charge in [-0.3, -0.25) is 0 Å². The van der Waals surface area contributed by atoms with Crippen LogP contribution in [0.3, 0.4) is 0 Å². The van der Waals surface area contributed by atoms with E-state index in [0.29, 0.717) is 6.04 Å². The van der Waals surface area contributed by atoms with Gasteiger partial charge in [-0.05, 0) is 25.3 Å². The van der Waals surface area contributed by atoms with E-state index in [-0.39, 0.29) is 0 Å². The Morgan fingerprint density at radius 1 is 1.25 bits per heavy atom. The van der Waals surface area contributed by atoms with Gasteiger partial charge in [0.15, 0.2) is 0 Å². The van der Waals surface area contributed by atoms with E-state index in [1.807, 2.05) is 7.05 Å². The molecule has 0 radical (unpaired) electrons. The number of anilines is 1. The fourth-order valence-electron chi connectivity index (χ4n) is 2.33. The molecule has 4 heteroatoms. The minimum absolute atomic E-state index is 0.403. The largest absolute Gasteiger partial charge is 0.372 e. The molecule has 0 bridgehead atoms. The molecular weight excluding hydrogens is 266 g/mol. The normalized spacial score (nSPS) is 14.2. The van der Waals surface area contributed by atoms with E-state index < -0.39 is 0 Å². The van der Waals surface area contributed by atoms with Crippen LogP contribution in [0, 0.1) is 5.92 Å². The van der Waals surface area contributed by atoms with Gasteiger partial charge in [0.25, 0.3) is 0 Å². The first-order valence-electron chi connectivity index (χ1n) is 8.07. The van der Waals surface area contributed by atoms with E-state index in [0.717, 1.165) is 24.7 Å². The molecule has 0 aromatic carbocycles. The molecule has 2 N–H and O–H groups in total. The topological polar surface area (TPSA) is 37.0 Å². The van der Waals surface area contributed by atoms with Crippen LogP contribution in [0.1, 0.15) is 70.3 Å². The highest BCUT2D eigenvalue weighted by molar-refractivity contribution is 7.10. The average molecular weight is 298 g/mol. The van der Waals surface area contributed by atoms with Gasteiger partial charge in [-0.1, -0.05) is 46.5 Å². The second-order valence-electron chi connectivity index (χ2n) is 5.64. The molecule has 2 unspecified atom stereocenters. The zero-order chi connectivity index (χ0) is 14.8. The molecule has 0 amide bonds. The van der Waals surface area contributed by atoms with Crippen LogP contribution in [0.5, 0.6) is 0 Å². The Morgan fingerprint density at radius 2 is 2.05 bits per heavy atom. The van der Waals surface area contributed by atoms with Crippen molar-refractivity contribution in [1.82, 2.24) is 10.3 Å². The number of hydrogen-bond donors (Lipinski definition) is 2. The van der Waals surface area contributed by atoms with E-state index >= 15 is 0 Å². The standard InChI is InChI=1S/C16H31N3S/c1-5-7-8-9-10-13(3)11-18-14(6-2)16-19-15(17-4)12-20-16/h12-14,17-18H,5-11H2,1-4H3. The Bertz CT molecular complexity index is 351. The van der Waals surface area contributed by atoms with Crippen LogP contribution in [0.15, 0.2) is 5.38 Å². The molecule has 1 heterocycles. The summed E-state index contributed by atoms with van der Waals surface area (Å²) in [6.07, 6.45) is 7.89. The number of thiazole rings is 1. The first kappa shape index (κ1) is 17.4. The molecule has 0 saturated carbocycles. The lowest BCUT2D eigenvalue weighted by Crippen LogP contribution is -2.26. The lowest BCUT2D eigenvalue weighted by atomic mass is 10.0. The monoisotopic (exact) mass is 297 g/mol. The van der Waals surface area contributed by atoms with Crippen LogP contribution in [0.2, 0.25) is 0 Å². The first-order valence-corrected chi connectivity index (χ1v) is 8.95. The van der Waals surface area contributed by atoms with Gasteiger partial charge in [-0.25, -0.2) is 4.98 Å². The van der Waals surface area contributed by atoms with Crippen LogP contribution in [-0.2, 0) is 0 Å². The molecule has 116 valence electrons. The molecule has 1 aromatic rings. The summed E-state index contributed by atoms with van der Waals surface area (Å²) in [5, 5.41) is 10.1. The molecule has 0 spiro atoms. The predicted molar refractivity (Wildman–Crippen MR) is 90.6 cm³/mol. The van der Waals surface area contributed by atoms with E-state index in [1.54, 1.807) is 11.3 Å². The van der Waals surface area contributed by atoms with Crippen LogP contribution in [0.25, 0.3) is 0 Å². The molecule has 2 atom stereocenters. The van der Waals surface area contributed by atoms with Crippen molar-refractivity contribution in [3.05, 3.63) is 10.4 Å². The van der Waals surface area contributed by atoms with E-state index in [2.05, 4.69) is 41.8 Å². The third-order valence-corrected chi connectivity index (χ3v) is 4.71. The molecule has 1 aromatic heterocycles. The van der Waals surface area contributed by atoms with Gasteiger partial charge in [-0.2, -0.15) is 0 Å². The molecule has 0 aliphatic rings. The zero-order valence-electron chi connectivity index (χ0n) is 13.5. The third-order valence-electron chi connectivity index (χ3n) is 3.75. The van der Waals surface area contributed by atoms with Gasteiger partial charge < -0.3 is 10.6 Å². The Balaban J connectivity index is 2.30.